The molecule has 6 heterocycles. The quantitative estimate of drug-likeness (QED) is 0.00679. The monoisotopic (exact) mass is 1550 g/mol. The Balaban J connectivity index is 0.000000392. The van der Waals surface area contributed by atoms with Gasteiger partial charge < -0.3 is 66.3 Å². The summed E-state index contributed by atoms with van der Waals surface area (Å²) in [4.78, 5) is 99.6. The third kappa shape index (κ3) is 30.0. The van der Waals surface area contributed by atoms with Crippen LogP contribution < -0.4 is 43.0 Å². The molecule has 6 aromatic heterocycles. The lowest BCUT2D eigenvalue weighted by Crippen LogP contribution is -2.54. The molecule has 0 amide bonds. The van der Waals surface area contributed by atoms with Crippen molar-refractivity contribution in [1.82, 2.24) is 59.4 Å². The minimum atomic E-state index is -3.83. The van der Waals surface area contributed by atoms with E-state index in [1.54, 1.807) is 97.9 Å². The Kier molecular flexibility index (Phi) is 37.1. The third-order valence-electron chi connectivity index (χ3n) is 15.8. The highest BCUT2D eigenvalue weighted by atomic mass is 79.9. The summed E-state index contributed by atoms with van der Waals surface area (Å²) >= 11 is 3.13. The number of unbranched alkanes of at least 4 members (excludes halogenated alkanes) is 12. The van der Waals surface area contributed by atoms with Crippen molar-refractivity contribution in [2.24, 2.45) is 0 Å². The summed E-state index contributed by atoms with van der Waals surface area (Å²) in [6.07, 6.45) is 19.5. The van der Waals surface area contributed by atoms with Crippen LogP contribution >= 0.6 is 30.8 Å². The number of ether oxygens (including phenoxy) is 6. The summed E-state index contributed by atoms with van der Waals surface area (Å²) in [6.45, 7) is 29.9. The van der Waals surface area contributed by atoms with E-state index in [9.17, 15) is 37.9 Å². The number of anilines is 2. The normalized spacial score (nSPS) is 12.9. The van der Waals surface area contributed by atoms with Gasteiger partial charge in [0.1, 0.15) is 70.1 Å². The first-order valence-electron chi connectivity index (χ1n) is 35.4. The molecule has 0 saturated heterocycles. The number of esters is 4. The molecule has 580 valence electrons. The van der Waals surface area contributed by atoms with Gasteiger partial charge in [-0.3, -0.25) is 28.3 Å². The van der Waals surface area contributed by atoms with E-state index in [0.717, 1.165) is 103 Å². The fourth-order valence-electron chi connectivity index (χ4n) is 10.2. The van der Waals surface area contributed by atoms with Crippen molar-refractivity contribution >= 4 is 88.7 Å². The Labute approximate surface area is 612 Å². The van der Waals surface area contributed by atoms with E-state index >= 15 is 0 Å². The fraction of sp³-hybridized carbons (Fsp3) is 0.706. The molecule has 6 rings (SSSR count). The molecule has 0 bridgehead atoms. The predicted octanol–water partition coefficient (Wildman–Crippen LogP) is 12.2. The molecule has 32 nitrogen and oxygen atoms in total. The average molecular weight is 1560 g/mol. The van der Waals surface area contributed by atoms with Gasteiger partial charge in [-0.2, -0.15) is 0 Å². The van der Waals surface area contributed by atoms with E-state index in [0.29, 0.717) is 63.1 Å². The zero-order valence-corrected chi connectivity index (χ0v) is 66.5. The number of imidazole rings is 2. The number of nitrogens with zero attached hydrogens (tertiary/aromatic N) is 8. The van der Waals surface area contributed by atoms with Gasteiger partial charge in [0.15, 0.2) is 34.5 Å². The second-order valence-electron chi connectivity index (χ2n) is 27.4. The second-order valence-corrected chi connectivity index (χ2v) is 32.3. The zero-order valence-electron chi connectivity index (χ0n) is 63.1. The summed E-state index contributed by atoms with van der Waals surface area (Å²) in [5.74, 6) is -1.15. The number of carbonyl (C=O) groups excluding carboxylic acids is 4. The van der Waals surface area contributed by atoms with Crippen LogP contribution in [0.5, 0.6) is 0 Å². The molecule has 0 aliphatic heterocycles. The van der Waals surface area contributed by atoms with Crippen molar-refractivity contribution in [3.8, 4) is 0 Å². The molecule has 0 aliphatic rings. The number of fused-ring (bicyclic) bond motifs is 2. The molecule has 2 atom stereocenters. The molecule has 7 N–H and O–H groups in total. The highest BCUT2D eigenvalue weighted by Gasteiger charge is 2.45. The number of aromatic nitrogens is 8. The number of nitrogens with two attached hydrogens (primary N) is 1. The number of alkyl halides is 1. The molecule has 0 aliphatic carbocycles. The molecule has 0 aromatic carbocycles. The van der Waals surface area contributed by atoms with Crippen LogP contribution in [0.2, 0.25) is 0 Å². The number of halogens is 1. The van der Waals surface area contributed by atoms with Crippen LogP contribution in [0.15, 0.2) is 52.6 Å². The Hall–Kier alpha value is -6.70. The van der Waals surface area contributed by atoms with Gasteiger partial charge in [-0.1, -0.05) is 121 Å². The van der Waals surface area contributed by atoms with E-state index in [1.165, 1.54) is 12.7 Å². The fourth-order valence-corrected chi connectivity index (χ4v) is 16.0. The summed E-state index contributed by atoms with van der Waals surface area (Å²) in [7, 11) is -7.60. The van der Waals surface area contributed by atoms with Crippen molar-refractivity contribution in [1.29, 1.82) is 0 Å². The lowest BCUT2D eigenvalue weighted by atomic mass is 10.1. The van der Waals surface area contributed by atoms with Gasteiger partial charge in [-0.25, -0.2) is 59.8 Å². The van der Waals surface area contributed by atoms with Gasteiger partial charge >= 0.3 is 35.5 Å². The smallest absolute Gasteiger partial charge is 0.464 e. The number of nitrogen functional groups attached to an aromatic ring is 1. The van der Waals surface area contributed by atoms with Crippen molar-refractivity contribution in [2.45, 2.75) is 273 Å². The number of aryl methyl sites for hydroxylation is 2. The number of carbonyl (C=O) groups is 4. The maximum atomic E-state index is 14.6. The van der Waals surface area contributed by atoms with Crippen LogP contribution in [0.25, 0.3) is 22.3 Å². The number of nitrogens with one attached hydrogen (secondary N) is 5. The van der Waals surface area contributed by atoms with Crippen LogP contribution in [-0.2, 0) is 81.7 Å². The summed E-state index contributed by atoms with van der Waals surface area (Å²) < 4.78 is 85.9. The molecule has 0 radical (unpaired) electrons. The summed E-state index contributed by atoms with van der Waals surface area (Å²) in [5, 5.41) is 15.4. The highest BCUT2D eigenvalue weighted by molar-refractivity contribution is 9.08. The van der Waals surface area contributed by atoms with Crippen LogP contribution in [0.1, 0.15) is 223 Å². The van der Waals surface area contributed by atoms with Crippen molar-refractivity contribution in [2.75, 3.05) is 50.2 Å². The molecule has 0 spiro atoms. The maximum absolute atomic E-state index is 14.6. The van der Waals surface area contributed by atoms with Gasteiger partial charge in [0.25, 0.3) is 0 Å². The molecule has 6 aromatic rings. The first-order valence-corrected chi connectivity index (χ1v) is 40.3. The van der Waals surface area contributed by atoms with Gasteiger partial charge in [-0.05, 0) is 109 Å². The van der Waals surface area contributed by atoms with Crippen molar-refractivity contribution in [3.05, 3.63) is 69.6 Å². The lowest BCUT2D eigenvalue weighted by Gasteiger charge is -2.35. The molecule has 103 heavy (non-hydrogen) atoms. The Morgan fingerprint density at radius 1 is 0.505 bits per heavy atom. The van der Waals surface area contributed by atoms with Crippen molar-refractivity contribution < 1.29 is 74.4 Å². The molecule has 0 unspecified atom stereocenters. The standard InChI is InChI=1S/C34H56N7O9P.C29H52N7O6P.C5H5BrO3/c1-9-11-13-15-17-46-30(42)33(5,6)39-51(45,40-34(7,8)31(43)47-18-16-14-12-10-2)23-48-24(3)20-41-22-38-27-28(36-21-37-29(27)41)35-19-26-25(4)49-32(44)50-26;1-8-10-12-14-16-40-26(37)28(4,5)34-43(39,35-29(6,7)27(38)41-17-15-13-11-9-2)21-42-22(3)18-36-20-33-23-24(30)31-19-32-25(23)36;1-3-4(2-6)9-5(7)8-3/h21-22,24H,9-20,23H2,1-8H3,(H,35,36,37)(H2,39,40,45);19-20,22H,8-18,21H2,1-7H3,(H2,30,31,32)(H2,34,35,39);2H2,1H3/t24-;22-;/m11./s1. The number of hydrogen-bond acceptors (Lipinski definition) is 26. The van der Waals surface area contributed by atoms with Crippen LogP contribution in [0.4, 0.5) is 11.6 Å². The number of rotatable bonds is 46. The van der Waals surface area contributed by atoms with E-state index in [2.05, 4.69) is 108 Å². The summed E-state index contributed by atoms with van der Waals surface area (Å²) in [6, 6.07) is 0. The second kappa shape index (κ2) is 43.1. The Morgan fingerprint density at radius 3 is 1.17 bits per heavy atom. The molecule has 35 heteroatoms. The summed E-state index contributed by atoms with van der Waals surface area (Å²) in [5.41, 5.74) is 2.49. The van der Waals surface area contributed by atoms with Gasteiger partial charge in [0.05, 0.1) is 76.3 Å². The van der Waals surface area contributed by atoms with Crippen molar-refractivity contribution in [3.63, 3.8) is 0 Å². The molecule has 0 saturated carbocycles. The van der Waals surface area contributed by atoms with E-state index < -0.39 is 84.8 Å². The molecular formula is C68H113BrN14O18P2. The van der Waals surface area contributed by atoms with E-state index in [-0.39, 0.29) is 58.0 Å². The van der Waals surface area contributed by atoms with Gasteiger partial charge in [-0.15, -0.1) is 0 Å². The average Bonchev–Trinajstić information content (AvgIpc) is 1.69. The Morgan fingerprint density at radius 2 is 0.845 bits per heavy atom. The SMILES string of the molecule is CCCCCCOC(=O)C(C)(C)NP(=O)(CO[C@H](C)Cn1cnc2c(N)ncnc21)NC(C)(C)C(=O)OCCCCCC.CCCCCCOC(=O)C(C)(C)NP(=O)(CO[C@H](C)Cn1cnc2c(NCc3oc(=O)oc3C)ncnc21)NC(C)(C)C(=O)OCCCCCC.Cc1oc(=O)oc1CBr. The van der Waals surface area contributed by atoms with Crippen LogP contribution in [-0.4, -0.2) is 136 Å². The van der Waals surface area contributed by atoms with Gasteiger partial charge in [0, 0.05) is 0 Å². The minimum Gasteiger partial charge on any atom is -0.464 e. The van der Waals surface area contributed by atoms with E-state index in [4.69, 9.17) is 43.0 Å². The zero-order chi connectivity index (χ0) is 76.6. The molecular weight excluding hydrogens is 1440 g/mol. The largest absolute Gasteiger partial charge is 0.519 e. The lowest BCUT2D eigenvalue weighted by molar-refractivity contribution is -0.150. The van der Waals surface area contributed by atoms with Gasteiger partial charge in [0.2, 0.25) is 14.9 Å². The van der Waals surface area contributed by atoms with Crippen LogP contribution in [0, 0.1) is 13.8 Å². The highest BCUT2D eigenvalue weighted by Crippen LogP contribution is 2.44. The molecule has 0 fully saturated rings. The van der Waals surface area contributed by atoms with E-state index in [1.807, 2.05) is 6.92 Å². The third-order valence-corrected chi connectivity index (χ3v) is 21.1. The Bertz CT molecular complexity index is 3720. The first kappa shape index (κ1) is 88.7. The first-order chi connectivity index (χ1) is 48.6. The maximum Gasteiger partial charge on any atom is 0.519 e. The van der Waals surface area contributed by atoms with Crippen LogP contribution in [0.3, 0.4) is 0 Å². The minimum absolute atomic E-state index is 0.150. The topological polar surface area (TPSA) is 418 Å². The predicted molar refractivity (Wildman–Crippen MR) is 394 cm³/mol. The number of hydrogen-bond donors (Lipinski definition) is 6.